The molecule has 0 saturated heterocycles. The Morgan fingerprint density at radius 1 is 1.05 bits per heavy atom. The molecular formula is C29H42O8. The first-order chi connectivity index (χ1) is 17.5. The summed E-state index contributed by atoms with van der Waals surface area (Å²) in [6, 6.07) is 0. The Hall–Kier alpha value is -2.22. The van der Waals surface area contributed by atoms with Crippen molar-refractivity contribution in [1.82, 2.24) is 0 Å². The molecule has 0 amide bonds. The molecule has 0 aliphatic heterocycles. The highest BCUT2D eigenvalue weighted by Crippen LogP contribution is 2.68. The molecule has 7 atom stereocenters. The van der Waals surface area contributed by atoms with E-state index in [1.54, 1.807) is 6.08 Å². The maximum Gasteiger partial charge on any atom is 0.509 e. The molecule has 4 aliphatic rings. The fourth-order valence-electron chi connectivity index (χ4n) is 8.25. The first-order valence-corrected chi connectivity index (χ1v) is 14.0. The first-order valence-electron chi connectivity index (χ1n) is 14.0. The number of ketones is 2. The van der Waals surface area contributed by atoms with Crippen LogP contribution in [0.4, 0.5) is 4.79 Å². The van der Waals surface area contributed by atoms with Gasteiger partial charge in [-0.3, -0.25) is 14.4 Å². The predicted molar refractivity (Wildman–Crippen MR) is 134 cm³/mol. The van der Waals surface area contributed by atoms with Gasteiger partial charge in [0.1, 0.15) is 0 Å². The Balaban J connectivity index is 1.67. The van der Waals surface area contributed by atoms with E-state index >= 15 is 0 Å². The Kier molecular flexibility index (Phi) is 7.89. The second-order valence-electron chi connectivity index (χ2n) is 12.0. The average Bonchev–Trinajstić information content (AvgIpc) is 3.13. The fourth-order valence-corrected chi connectivity index (χ4v) is 8.25. The lowest BCUT2D eigenvalue weighted by atomic mass is 9.45. The van der Waals surface area contributed by atoms with E-state index in [2.05, 4.69) is 6.92 Å². The van der Waals surface area contributed by atoms with Crippen molar-refractivity contribution in [2.24, 2.45) is 28.6 Å². The van der Waals surface area contributed by atoms with Gasteiger partial charge < -0.3 is 19.3 Å². The number of esters is 1. The Labute approximate surface area is 219 Å². The minimum absolute atomic E-state index is 0.0287. The normalized spacial score (nSPS) is 38.5. The van der Waals surface area contributed by atoms with E-state index in [4.69, 9.17) is 14.2 Å². The summed E-state index contributed by atoms with van der Waals surface area (Å²) in [6.07, 6.45) is 5.64. The minimum atomic E-state index is -1.54. The SMILES string of the molecule is CCCOC(=O)O[C@]1(C(=O)COC(=O)CCC)CC[C@H]2[C@@H]3CCC4=CC(=O)CC[C@]4(C)[C@H]3[C@@H](O)C[C@@]21C. The second kappa shape index (κ2) is 10.5. The van der Waals surface area contributed by atoms with Gasteiger partial charge in [0.05, 0.1) is 12.7 Å². The van der Waals surface area contributed by atoms with Gasteiger partial charge in [-0.15, -0.1) is 0 Å². The summed E-state index contributed by atoms with van der Waals surface area (Å²) in [5, 5.41) is 11.7. The van der Waals surface area contributed by atoms with Crippen molar-refractivity contribution < 1.29 is 38.5 Å². The largest absolute Gasteiger partial charge is 0.509 e. The van der Waals surface area contributed by atoms with Crippen molar-refractivity contribution in [2.75, 3.05) is 13.2 Å². The summed E-state index contributed by atoms with van der Waals surface area (Å²) in [5.74, 6) is -0.633. The van der Waals surface area contributed by atoms with Crippen LogP contribution in [0.3, 0.4) is 0 Å². The molecule has 37 heavy (non-hydrogen) atoms. The summed E-state index contributed by atoms with van der Waals surface area (Å²) < 4.78 is 16.4. The van der Waals surface area contributed by atoms with Crippen molar-refractivity contribution in [3.63, 3.8) is 0 Å². The summed E-state index contributed by atoms with van der Waals surface area (Å²) in [4.78, 5) is 50.8. The molecular weight excluding hydrogens is 476 g/mol. The van der Waals surface area contributed by atoms with Crippen LogP contribution >= 0.6 is 0 Å². The number of Topliss-reactive ketones (excluding diaryl/α,β-unsaturated/α-hetero) is 1. The molecule has 0 aromatic rings. The Bertz CT molecular complexity index is 971. The van der Waals surface area contributed by atoms with Gasteiger partial charge in [-0.1, -0.05) is 33.3 Å². The van der Waals surface area contributed by atoms with Gasteiger partial charge in [0.25, 0.3) is 0 Å². The zero-order chi connectivity index (χ0) is 27.0. The van der Waals surface area contributed by atoms with Crippen LogP contribution in [0, 0.1) is 28.6 Å². The van der Waals surface area contributed by atoms with Crippen LogP contribution in [0.25, 0.3) is 0 Å². The van der Waals surface area contributed by atoms with Crippen LogP contribution in [0.5, 0.6) is 0 Å². The lowest BCUT2D eigenvalue weighted by molar-refractivity contribution is -0.189. The number of aliphatic hydroxyl groups excluding tert-OH is 1. The standard InChI is InChI=1S/C29H42O8/c1-5-7-24(33)36-17-23(32)29(37-26(34)35-14-6-2)13-11-21-20-9-8-18-15-19(30)10-12-27(18,3)25(20)22(31)16-28(21,29)4/h15,20-22,25,31H,5-14,16-17H2,1-4H3/t20-,21-,22-,25+,27-,28-,29-/m0/s1. The zero-order valence-electron chi connectivity index (χ0n) is 22.7. The lowest BCUT2D eigenvalue weighted by Crippen LogP contribution is -2.63. The molecule has 0 radical (unpaired) electrons. The monoisotopic (exact) mass is 518 g/mol. The first kappa shape index (κ1) is 27.8. The van der Waals surface area contributed by atoms with Crippen molar-refractivity contribution >= 4 is 23.7 Å². The summed E-state index contributed by atoms with van der Waals surface area (Å²) in [7, 11) is 0. The third-order valence-corrected chi connectivity index (χ3v) is 9.97. The molecule has 0 heterocycles. The number of ether oxygens (including phenoxy) is 3. The van der Waals surface area contributed by atoms with Crippen LogP contribution in [0.15, 0.2) is 11.6 Å². The summed E-state index contributed by atoms with van der Waals surface area (Å²) >= 11 is 0. The van der Waals surface area contributed by atoms with Gasteiger partial charge in [0.2, 0.25) is 5.78 Å². The zero-order valence-corrected chi connectivity index (χ0v) is 22.7. The van der Waals surface area contributed by atoms with E-state index < -0.39 is 41.6 Å². The number of carbonyl (C=O) groups excluding carboxylic acids is 4. The highest BCUT2D eigenvalue weighted by Gasteiger charge is 2.70. The maximum absolute atomic E-state index is 13.8. The topological polar surface area (TPSA) is 116 Å². The van der Waals surface area contributed by atoms with E-state index in [1.807, 2.05) is 20.8 Å². The lowest BCUT2D eigenvalue weighted by Gasteiger charge is -2.60. The van der Waals surface area contributed by atoms with Crippen molar-refractivity contribution in [3.8, 4) is 0 Å². The molecule has 0 spiro atoms. The summed E-state index contributed by atoms with van der Waals surface area (Å²) in [5.41, 5.74) is -1.51. The van der Waals surface area contributed by atoms with Gasteiger partial charge in [-0.2, -0.15) is 0 Å². The molecule has 206 valence electrons. The number of hydrogen-bond acceptors (Lipinski definition) is 8. The molecule has 3 fully saturated rings. The highest BCUT2D eigenvalue weighted by atomic mass is 16.7. The Morgan fingerprint density at radius 3 is 2.51 bits per heavy atom. The quantitative estimate of drug-likeness (QED) is 0.460. The number of rotatable bonds is 8. The van der Waals surface area contributed by atoms with Crippen LogP contribution in [0.2, 0.25) is 0 Å². The van der Waals surface area contributed by atoms with E-state index in [9.17, 15) is 24.3 Å². The maximum atomic E-state index is 13.8. The average molecular weight is 519 g/mol. The van der Waals surface area contributed by atoms with Crippen LogP contribution < -0.4 is 0 Å². The minimum Gasteiger partial charge on any atom is -0.457 e. The highest BCUT2D eigenvalue weighted by molar-refractivity contribution is 5.93. The number of fused-ring (bicyclic) bond motifs is 5. The van der Waals surface area contributed by atoms with Crippen molar-refractivity contribution in [3.05, 3.63) is 11.6 Å². The molecule has 3 saturated carbocycles. The van der Waals surface area contributed by atoms with Gasteiger partial charge in [0, 0.05) is 18.3 Å². The van der Waals surface area contributed by atoms with Crippen molar-refractivity contribution in [2.45, 2.75) is 104 Å². The number of carbonyl (C=O) groups is 4. The van der Waals surface area contributed by atoms with Gasteiger partial charge >= 0.3 is 12.1 Å². The molecule has 4 rings (SSSR count). The molecule has 8 heteroatoms. The molecule has 0 unspecified atom stereocenters. The van der Waals surface area contributed by atoms with Gasteiger partial charge in [0.15, 0.2) is 18.0 Å². The fraction of sp³-hybridized carbons (Fsp3) is 0.793. The molecule has 0 bridgehead atoms. The molecule has 4 aliphatic carbocycles. The number of aliphatic hydroxyl groups is 1. The molecule has 0 aromatic heterocycles. The van der Waals surface area contributed by atoms with E-state index in [0.717, 1.165) is 24.8 Å². The van der Waals surface area contributed by atoms with E-state index in [0.29, 0.717) is 32.1 Å². The van der Waals surface area contributed by atoms with Gasteiger partial charge in [-0.25, -0.2) is 4.79 Å². The molecule has 0 aromatic carbocycles. The summed E-state index contributed by atoms with van der Waals surface area (Å²) in [6.45, 7) is 7.55. The molecule has 1 N–H and O–H groups in total. The van der Waals surface area contributed by atoms with E-state index in [-0.39, 0.29) is 48.4 Å². The second-order valence-corrected chi connectivity index (χ2v) is 12.0. The van der Waals surface area contributed by atoms with Crippen LogP contribution in [0.1, 0.15) is 91.9 Å². The Morgan fingerprint density at radius 2 is 1.81 bits per heavy atom. The number of allylic oxidation sites excluding steroid dienone is 1. The van der Waals surface area contributed by atoms with Crippen LogP contribution in [-0.2, 0) is 28.6 Å². The third-order valence-electron chi connectivity index (χ3n) is 9.97. The van der Waals surface area contributed by atoms with E-state index in [1.165, 1.54) is 0 Å². The smallest absolute Gasteiger partial charge is 0.457 e. The van der Waals surface area contributed by atoms with Crippen LogP contribution in [-0.4, -0.2) is 53.7 Å². The third kappa shape index (κ3) is 4.64. The predicted octanol–water partition coefficient (Wildman–Crippen LogP) is 4.70. The van der Waals surface area contributed by atoms with Crippen molar-refractivity contribution in [1.29, 1.82) is 0 Å². The van der Waals surface area contributed by atoms with Gasteiger partial charge in [-0.05, 0) is 80.6 Å². The molecule has 8 nitrogen and oxygen atoms in total. The number of hydrogen-bond donors (Lipinski definition) is 1.